The highest BCUT2D eigenvalue weighted by Gasteiger charge is 2.31. The molecular formula is C13H20N4S. The molecule has 0 saturated heterocycles. The largest absolute Gasteiger partial charge is 0.389 e. The second-order valence-corrected chi connectivity index (χ2v) is 5.68. The average Bonchev–Trinajstić information content (AvgIpc) is 3.14. The normalized spacial score (nSPS) is 14.8. The van der Waals surface area contributed by atoms with Gasteiger partial charge in [-0.2, -0.15) is 5.10 Å². The molecule has 0 unspecified atom stereocenters. The summed E-state index contributed by atoms with van der Waals surface area (Å²) in [5.41, 5.74) is 6.61. The Balaban J connectivity index is 2.22. The quantitative estimate of drug-likeness (QED) is 0.798. The maximum atomic E-state index is 5.77. The van der Waals surface area contributed by atoms with Crippen LogP contribution < -0.4 is 10.6 Å². The van der Waals surface area contributed by atoms with Crippen LogP contribution in [0, 0.1) is 5.92 Å². The van der Waals surface area contributed by atoms with E-state index in [1.807, 2.05) is 6.07 Å². The lowest BCUT2D eigenvalue weighted by Crippen LogP contribution is -2.31. The Kier molecular flexibility index (Phi) is 4.11. The van der Waals surface area contributed by atoms with Gasteiger partial charge >= 0.3 is 0 Å². The molecule has 0 aromatic carbocycles. The molecule has 1 fully saturated rings. The third-order valence-electron chi connectivity index (χ3n) is 3.17. The van der Waals surface area contributed by atoms with Gasteiger partial charge < -0.3 is 10.6 Å². The second-order valence-electron chi connectivity index (χ2n) is 5.24. The number of hydrogen-bond donors (Lipinski definition) is 1. The number of anilines is 1. The Bertz CT molecular complexity index is 429. The molecule has 0 atom stereocenters. The molecule has 1 aliphatic rings. The van der Waals surface area contributed by atoms with Crippen LogP contribution >= 0.6 is 12.2 Å². The van der Waals surface area contributed by atoms with E-state index in [4.69, 9.17) is 18.0 Å². The smallest absolute Gasteiger partial charge is 0.161 e. The van der Waals surface area contributed by atoms with Crippen molar-refractivity contribution in [2.75, 3.05) is 11.4 Å². The van der Waals surface area contributed by atoms with Crippen LogP contribution in [0.5, 0.6) is 0 Å². The van der Waals surface area contributed by atoms with E-state index in [0.717, 1.165) is 24.3 Å². The zero-order chi connectivity index (χ0) is 13.1. The molecule has 0 bridgehead atoms. The molecule has 0 aliphatic heterocycles. The zero-order valence-corrected chi connectivity index (χ0v) is 11.8. The van der Waals surface area contributed by atoms with E-state index in [1.165, 1.54) is 12.8 Å². The summed E-state index contributed by atoms with van der Waals surface area (Å²) in [5, 5.41) is 8.23. The van der Waals surface area contributed by atoms with Crippen molar-refractivity contribution in [2.45, 2.75) is 39.2 Å². The summed E-state index contributed by atoms with van der Waals surface area (Å²) in [6.07, 6.45) is 5.24. The SMILES string of the molecule is CC(C)CCN(c1nnccc1C(N)=S)C1CC1. The number of nitrogens with zero attached hydrogens (tertiary/aromatic N) is 3. The van der Waals surface area contributed by atoms with Crippen LogP contribution in [0.25, 0.3) is 0 Å². The first-order valence-electron chi connectivity index (χ1n) is 6.47. The van der Waals surface area contributed by atoms with Crippen molar-refractivity contribution < 1.29 is 0 Å². The van der Waals surface area contributed by atoms with Crippen molar-refractivity contribution >= 4 is 23.0 Å². The minimum atomic E-state index is 0.398. The fourth-order valence-corrected chi connectivity index (χ4v) is 2.13. The molecule has 0 spiro atoms. The Hall–Kier alpha value is -1.23. The molecule has 2 N–H and O–H groups in total. The summed E-state index contributed by atoms with van der Waals surface area (Å²) >= 11 is 5.09. The molecule has 0 amide bonds. The minimum absolute atomic E-state index is 0.398. The molecule has 18 heavy (non-hydrogen) atoms. The summed E-state index contributed by atoms with van der Waals surface area (Å²) in [7, 11) is 0. The molecule has 4 nitrogen and oxygen atoms in total. The minimum Gasteiger partial charge on any atom is -0.389 e. The van der Waals surface area contributed by atoms with Crippen molar-refractivity contribution in [2.24, 2.45) is 11.7 Å². The lowest BCUT2D eigenvalue weighted by Gasteiger charge is -2.25. The number of nitrogens with two attached hydrogens (primary N) is 1. The Morgan fingerprint density at radius 3 is 2.83 bits per heavy atom. The molecule has 1 aromatic heterocycles. The first-order chi connectivity index (χ1) is 8.59. The summed E-state index contributed by atoms with van der Waals surface area (Å²) < 4.78 is 0. The van der Waals surface area contributed by atoms with Crippen LogP contribution in [0.2, 0.25) is 0 Å². The fraction of sp³-hybridized carbons (Fsp3) is 0.615. The van der Waals surface area contributed by atoms with E-state index in [2.05, 4.69) is 28.9 Å². The number of thiocarbonyl (C=S) groups is 1. The van der Waals surface area contributed by atoms with Crippen LogP contribution in [-0.4, -0.2) is 27.8 Å². The van der Waals surface area contributed by atoms with Gasteiger partial charge in [0.1, 0.15) is 4.99 Å². The molecular weight excluding hydrogens is 244 g/mol. The first-order valence-corrected chi connectivity index (χ1v) is 6.88. The van der Waals surface area contributed by atoms with Crippen molar-refractivity contribution in [3.05, 3.63) is 17.8 Å². The van der Waals surface area contributed by atoms with Crippen molar-refractivity contribution in [3.8, 4) is 0 Å². The van der Waals surface area contributed by atoms with Gasteiger partial charge in [-0.25, -0.2) is 0 Å². The Morgan fingerprint density at radius 2 is 2.28 bits per heavy atom. The maximum absolute atomic E-state index is 5.77. The van der Waals surface area contributed by atoms with Gasteiger partial charge in [0.25, 0.3) is 0 Å². The fourth-order valence-electron chi connectivity index (χ4n) is 1.97. The van der Waals surface area contributed by atoms with Crippen molar-refractivity contribution in [1.82, 2.24) is 10.2 Å². The molecule has 1 heterocycles. The molecule has 1 aromatic rings. The zero-order valence-electron chi connectivity index (χ0n) is 11.0. The molecule has 1 saturated carbocycles. The van der Waals surface area contributed by atoms with Gasteiger partial charge in [0.2, 0.25) is 0 Å². The van der Waals surface area contributed by atoms with E-state index in [0.29, 0.717) is 16.9 Å². The number of aromatic nitrogens is 2. The van der Waals surface area contributed by atoms with Gasteiger partial charge in [-0.3, -0.25) is 0 Å². The number of rotatable bonds is 6. The lowest BCUT2D eigenvalue weighted by molar-refractivity contribution is 0.567. The molecule has 2 rings (SSSR count). The number of hydrogen-bond acceptors (Lipinski definition) is 4. The van der Waals surface area contributed by atoms with E-state index < -0.39 is 0 Å². The maximum Gasteiger partial charge on any atom is 0.161 e. The van der Waals surface area contributed by atoms with Gasteiger partial charge in [-0.05, 0) is 31.2 Å². The topological polar surface area (TPSA) is 55.0 Å². The van der Waals surface area contributed by atoms with E-state index >= 15 is 0 Å². The molecule has 1 aliphatic carbocycles. The standard InChI is InChI=1S/C13H20N4S/c1-9(2)6-8-17(10-3-4-10)13-11(12(14)18)5-7-15-16-13/h5,7,9-10H,3-4,6,8H2,1-2H3,(H2,14,18). The summed E-state index contributed by atoms with van der Waals surface area (Å²) in [6, 6.07) is 2.45. The predicted molar refractivity (Wildman–Crippen MR) is 77.7 cm³/mol. The summed E-state index contributed by atoms with van der Waals surface area (Å²) in [4.78, 5) is 2.72. The third-order valence-corrected chi connectivity index (χ3v) is 3.39. The van der Waals surface area contributed by atoms with Crippen LogP contribution in [0.4, 0.5) is 5.82 Å². The van der Waals surface area contributed by atoms with Crippen LogP contribution in [-0.2, 0) is 0 Å². The van der Waals surface area contributed by atoms with Crippen molar-refractivity contribution in [1.29, 1.82) is 0 Å². The van der Waals surface area contributed by atoms with Gasteiger partial charge in [-0.15, -0.1) is 5.10 Å². The molecule has 0 radical (unpaired) electrons. The molecule has 98 valence electrons. The van der Waals surface area contributed by atoms with E-state index in [9.17, 15) is 0 Å². The molecule has 5 heteroatoms. The van der Waals surface area contributed by atoms with Gasteiger partial charge in [0, 0.05) is 12.6 Å². The summed E-state index contributed by atoms with van der Waals surface area (Å²) in [6.45, 7) is 5.46. The van der Waals surface area contributed by atoms with Gasteiger partial charge in [-0.1, -0.05) is 26.1 Å². The monoisotopic (exact) mass is 264 g/mol. The highest BCUT2D eigenvalue weighted by atomic mass is 32.1. The van der Waals surface area contributed by atoms with E-state index in [1.54, 1.807) is 6.20 Å². The lowest BCUT2D eigenvalue weighted by atomic mass is 10.1. The average molecular weight is 264 g/mol. The van der Waals surface area contributed by atoms with Crippen LogP contribution in [0.1, 0.15) is 38.7 Å². The summed E-state index contributed by atoms with van der Waals surface area (Å²) in [5.74, 6) is 1.53. The predicted octanol–water partition coefficient (Wildman–Crippen LogP) is 2.13. The van der Waals surface area contributed by atoms with E-state index in [-0.39, 0.29) is 0 Å². The van der Waals surface area contributed by atoms with Gasteiger partial charge in [0.05, 0.1) is 11.8 Å². The highest BCUT2D eigenvalue weighted by Crippen LogP contribution is 2.32. The Labute approximate surface area is 114 Å². The second kappa shape index (κ2) is 5.61. The van der Waals surface area contributed by atoms with Crippen LogP contribution in [0.15, 0.2) is 12.3 Å². The van der Waals surface area contributed by atoms with Gasteiger partial charge in [0.15, 0.2) is 5.82 Å². The first kappa shape index (κ1) is 13.2. The van der Waals surface area contributed by atoms with Crippen molar-refractivity contribution in [3.63, 3.8) is 0 Å². The Morgan fingerprint density at radius 1 is 1.56 bits per heavy atom. The highest BCUT2D eigenvalue weighted by molar-refractivity contribution is 7.80. The van der Waals surface area contributed by atoms with Crippen LogP contribution in [0.3, 0.4) is 0 Å². The third kappa shape index (κ3) is 3.16.